The highest BCUT2D eigenvalue weighted by molar-refractivity contribution is 5.94. The predicted octanol–water partition coefficient (Wildman–Crippen LogP) is 2.17. The molecule has 0 aliphatic heterocycles. The fourth-order valence-corrected chi connectivity index (χ4v) is 2.55. The van der Waals surface area contributed by atoms with Gasteiger partial charge in [-0.05, 0) is 39.3 Å². The molecular weight excluding hydrogens is 362 g/mol. The standard InChI is InChI=1S/C20H25N3O5/c1-13-5-7-16(8-6-13)21-18(24)11-23(4)19(25)12-27-20(26)10-9-17-14(2)22-28-15(17)3/h5-8H,9-12H2,1-4H3,(H,21,24). The lowest BCUT2D eigenvalue weighted by Gasteiger charge is -2.16. The van der Waals surface area contributed by atoms with Gasteiger partial charge < -0.3 is 19.5 Å². The molecule has 1 N–H and O–H groups in total. The molecule has 0 fully saturated rings. The molecule has 0 radical (unpaired) electrons. The summed E-state index contributed by atoms with van der Waals surface area (Å²) in [7, 11) is 1.48. The lowest BCUT2D eigenvalue weighted by Crippen LogP contribution is -2.37. The molecule has 1 aromatic carbocycles. The van der Waals surface area contributed by atoms with Gasteiger partial charge in [0.1, 0.15) is 5.76 Å². The lowest BCUT2D eigenvalue weighted by atomic mass is 10.1. The summed E-state index contributed by atoms with van der Waals surface area (Å²) in [6.45, 7) is 4.99. The van der Waals surface area contributed by atoms with Crippen molar-refractivity contribution in [3.05, 3.63) is 46.8 Å². The number of aryl methyl sites for hydroxylation is 3. The fraction of sp³-hybridized carbons (Fsp3) is 0.400. The Balaban J connectivity index is 1.71. The highest BCUT2D eigenvalue weighted by Gasteiger charge is 2.16. The smallest absolute Gasteiger partial charge is 0.306 e. The SMILES string of the molecule is Cc1ccc(NC(=O)CN(C)C(=O)COC(=O)CCc2c(C)noc2C)cc1. The van der Waals surface area contributed by atoms with Crippen LogP contribution in [0.15, 0.2) is 28.8 Å². The van der Waals surface area contributed by atoms with Gasteiger partial charge in [-0.25, -0.2) is 0 Å². The monoisotopic (exact) mass is 387 g/mol. The van der Waals surface area contributed by atoms with Crippen molar-refractivity contribution in [3.8, 4) is 0 Å². The molecule has 8 nitrogen and oxygen atoms in total. The van der Waals surface area contributed by atoms with Crippen molar-refractivity contribution in [1.82, 2.24) is 10.1 Å². The maximum Gasteiger partial charge on any atom is 0.306 e. The average Bonchev–Trinajstić information content (AvgIpc) is 2.97. The summed E-state index contributed by atoms with van der Waals surface area (Å²) in [6, 6.07) is 7.34. The number of rotatable bonds is 8. The van der Waals surface area contributed by atoms with Crippen molar-refractivity contribution in [2.45, 2.75) is 33.6 Å². The van der Waals surface area contributed by atoms with Crippen LogP contribution in [0, 0.1) is 20.8 Å². The molecule has 150 valence electrons. The number of nitrogens with one attached hydrogen (secondary N) is 1. The second kappa shape index (κ2) is 9.68. The van der Waals surface area contributed by atoms with E-state index in [1.165, 1.54) is 11.9 Å². The molecule has 2 aromatic rings. The summed E-state index contributed by atoms with van der Waals surface area (Å²) in [5.41, 5.74) is 3.34. The third-order valence-corrected chi connectivity index (χ3v) is 4.26. The van der Waals surface area contributed by atoms with Gasteiger partial charge in [0, 0.05) is 24.7 Å². The third-order valence-electron chi connectivity index (χ3n) is 4.26. The van der Waals surface area contributed by atoms with Gasteiger partial charge in [-0.2, -0.15) is 0 Å². The third kappa shape index (κ3) is 6.22. The minimum atomic E-state index is -0.495. The number of hydrogen-bond donors (Lipinski definition) is 1. The summed E-state index contributed by atoms with van der Waals surface area (Å²) in [5, 5.41) is 6.54. The topological polar surface area (TPSA) is 102 Å². The van der Waals surface area contributed by atoms with Crippen LogP contribution in [0.4, 0.5) is 5.69 Å². The normalized spacial score (nSPS) is 10.4. The van der Waals surface area contributed by atoms with Gasteiger partial charge >= 0.3 is 5.97 Å². The number of esters is 1. The molecule has 1 heterocycles. The Morgan fingerprint density at radius 3 is 2.43 bits per heavy atom. The van der Waals surface area contributed by atoms with Gasteiger partial charge in [0.15, 0.2) is 6.61 Å². The van der Waals surface area contributed by atoms with Crippen LogP contribution in [0.3, 0.4) is 0 Å². The predicted molar refractivity (Wildman–Crippen MR) is 103 cm³/mol. The zero-order chi connectivity index (χ0) is 20.7. The van der Waals surface area contributed by atoms with Gasteiger partial charge in [-0.15, -0.1) is 0 Å². The quantitative estimate of drug-likeness (QED) is 0.697. The summed E-state index contributed by atoms with van der Waals surface area (Å²) >= 11 is 0. The number of carbonyl (C=O) groups is 3. The number of aromatic nitrogens is 1. The van der Waals surface area contributed by atoms with Crippen LogP contribution >= 0.6 is 0 Å². The molecule has 0 aliphatic rings. The summed E-state index contributed by atoms with van der Waals surface area (Å²) in [6.07, 6.45) is 0.552. The Kier molecular flexibility index (Phi) is 7.31. The first-order chi connectivity index (χ1) is 13.3. The van der Waals surface area contributed by atoms with E-state index < -0.39 is 18.5 Å². The molecule has 28 heavy (non-hydrogen) atoms. The number of anilines is 1. The van der Waals surface area contributed by atoms with E-state index in [2.05, 4.69) is 10.5 Å². The molecule has 0 saturated carbocycles. The zero-order valence-corrected chi connectivity index (χ0v) is 16.6. The summed E-state index contributed by atoms with van der Waals surface area (Å²) < 4.78 is 10.0. The van der Waals surface area contributed by atoms with Crippen molar-refractivity contribution in [2.24, 2.45) is 0 Å². The zero-order valence-electron chi connectivity index (χ0n) is 16.6. The minimum absolute atomic E-state index is 0.119. The van der Waals surface area contributed by atoms with Crippen molar-refractivity contribution >= 4 is 23.5 Å². The Morgan fingerprint density at radius 2 is 1.82 bits per heavy atom. The molecular formula is C20H25N3O5. The van der Waals surface area contributed by atoms with Crippen LogP contribution in [-0.2, 0) is 25.5 Å². The van der Waals surface area contributed by atoms with Crippen LogP contribution in [-0.4, -0.2) is 48.0 Å². The number of benzene rings is 1. The van der Waals surface area contributed by atoms with E-state index in [9.17, 15) is 14.4 Å². The largest absolute Gasteiger partial charge is 0.456 e. The highest BCUT2D eigenvalue weighted by atomic mass is 16.5. The van der Waals surface area contributed by atoms with E-state index in [4.69, 9.17) is 9.26 Å². The lowest BCUT2D eigenvalue weighted by molar-refractivity contribution is -0.151. The van der Waals surface area contributed by atoms with E-state index in [0.29, 0.717) is 17.9 Å². The Morgan fingerprint density at radius 1 is 1.14 bits per heavy atom. The molecule has 0 unspecified atom stereocenters. The molecule has 8 heteroatoms. The molecule has 1 aromatic heterocycles. The maximum absolute atomic E-state index is 12.1. The van der Waals surface area contributed by atoms with E-state index in [1.807, 2.05) is 19.1 Å². The van der Waals surface area contributed by atoms with Gasteiger partial charge in [-0.1, -0.05) is 22.9 Å². The Bertz CT molecular complexity index is 823. The summed E-state index contributed by atoms with van der Waals surface area (Å²) in [5.74, 6) is -0.610. The minimum Gasteiger partial charge on any atom is -0.456 e. The van der Waals surface area contributed by atoms with Gasteiger partial charge in [0.25, 0.3) is 5.91 Å². The summed E-state index contributed by atoms with van der Waals surface area (Å²) in [4.78, 5) is 37.2. The number of ether oxygens (including phenoxy) is 1. The Labute approximate surface area is 163 Å². The van der Waals surface area contributed by atoms with Crippen molar-refractivity contribution in [2.75, 3.05) is 25.5 Å². The first-order valence-corrected chi connectivity index (χ1v) is 8.94. The molecule has 0 spiro atoms. The first-order valence-electron chi connectivity index (χ1n) is 8.94. The second-order valence-corrected chi connectivity index (χ2v) is 6.63. The highest BCUT2D eigenvalue weighted by Crippen LogP contribution is 2.14. The first kappa shape index (κ1) is 21.1. The number of likely N-dealkylation sites (N-methyl/N-ethyl adjacent to an activating group) is 1. The maximum atomic E-state index is 12.1. The van der Waals surface area contributed by atoms with Gasteiger partial charge in [0.05, 0.1) is 12.2 Å². The van der Waals surface area contributed by atoms with E-state index in [0.717, 1.165) is 16.8 Å². The number of nitrogens with zero attached hydrogens (tertiary/aromatic N) is 2. The van der Waals surface area contributed by atoms with Crippen LogP contribution in [0.2, 0.25) is 0 Å². The average molecular weight is 387 g/mol. The van der Waals surface area contributed by atoms with Crippen molar-refractivity contribution in [3.63, 3.8) is 0 Å². The molecule has 2 amide bonds. The van der Waals surface area contributed by atoms with E-state index >= 15 is 0 Å². The van der Waals surface area contributed by atoms with Gasteiger partial charge in [0.2, 0.25) is 5.91 Å². The Hall–Kier alpha value is -3.16. The molecule has 0 aliphatic carbocycles. The van der Waals surface area contributed by atoms with E-state index in [-0.39, 0.29) is 18.9 Å². The van der Waals surface area contributed by atoms with Crippen LogP contribution in [0.25, 0.3) is 0 Å². The van der Waals surface area contributed by atoms with Crippen LogP contribution < -0.4 is 5.32 Å². The van der Waals surface area contributed by atoms with Crippen LogP contribution in [0.5, 0.6) is 0 Å². The number of amides is 2. The van der Waals surface area contributed by atoms with Crippen molar-refractivity contribution in [1.29, 1.82) is 0 Å². The van der Waals surface area contributed by atoms with Crippen molar-refractivity contribution < 1.29 is 23.6 Å². The molecule has 0 bridgehead atoms. The molecule has 0 saturated heterocycles. The molecule has 2 rings (SSSR count). The fourth-order valence-electron chi connectivity index (χ4n) is 2.55. The van der Waals surface area contributed by atoms with Crippen LogP contribution in [0.1, 0.15) is 29.0 Å². The second-order valence-electron chi connectivity index (χ2n) is 6.63. The van der Waals surface area contributed by atoms with Gasteiger partial charge in [-0.3, -0.25) is 14.4 Å². The van der Waals surface area contributed by atoms with E-state index in [1.54, 1.807) is 26.0 Å². The number of carbonyl (C=O) groups excluding carboxylic acids is 3. The molecule has 0 atom stereocenters. The number of hydrogen-bond acceptors (Lipinski definition) is 6.